The Morgan fingerprint density at radius 2 is 1.71 bits per heavy atom. The van der Waals surface area contributed by atoms with Crippen molar-refractivity contribution < 1.29 is 33.0 Å². The van der Waals surface area contributed by atoms with Gasteiger partial charge >= 0.3 is 11.9 Å². The van der Waals surface area contributed by atoms with E-state index in [0.29, 0.717) is 17.7 Å². The van der Waals surface area contributed by atoms with Gasteiger partial charge in [-0.3, -0.25) is 9.69 Å². The first-order valence-electron chi connectivity index (χ1n) is 14.2. The molecule has 1 N–H and O–H groups in total. The number of carboxylic acids is 1. The summed E-state index contributed by atoms with van der Waals surface area (Å²) < 4.78 is 41.4. The highest BCUT2D eigenvalue weighted by molar-refractivity contribution is 5.92. The number of halogens is 2. The third-order valence-electron chi connectivity index (χ3n) is 7.96. The van der Waals surface area contributed by atoms with Crippen LogP contribution in [0, 0.1) is 23.5 Å². The average molecular weight is 581 g/mol. The zero-order valence-electron chi connectivity index (χ0n) is 24.9. The van der Waals surface area contributed by atoms with Crippen molar-refractivity contribution in [2.24, 2.45) is 11.8 Å². The summed E-state index contributed by atoms with van der Waals surface area (Å²) in [5, 5.41) is 9.61. The van der Waals surface area contributed by atoms with Gasteiger partial charge in [-0.2, -0.15) is 0 Å². The number of esters is 1. The highest BCUT2D eigenvalue weighted by Gasteiger charge is 2.40. The van der Waals surface area contributed by atoms with Crippen LogP contribution in [0.2, 0.25) is 0 Å². The van der Waals surface area contributed by atoms with Gasteiger partial charge < -0.3 is 14.6 Å². The van der Waals surface area contributed by atoms with Crippen molar-refractivity contribution in [2.75, 3.05) is 7.11 Å². The van der Waals surface area contributed by atoms with Crippen molar-refractivity contribution in [2.45, 2.75) is 72.0 Å². The number of pyridine rings is 1. The highest BCUT2D eigenvalue weighted by Crippen LogP contribution is 2.48. The van der Waals surface area contributed by atoms with Crippen LogP contribution in [-0.4, -0.2) is 46.1 Å². The molecule has 1 fully saturated rings. The molecule has 0 aliphatic heterocycles. The van der Waals surface area contributed by atoms with Crippen LogP contribution in [0.5, 0.6) is 11.6 Å². The molecule has 1 aliphatic carbocycles. The van der Waals surface area contributed by atoms with E-state index in [1.807, 2.05) is 0 Å². The molecule has 224 valence electrons. The van der Waals surface area contributed by atoms with E-state index in [9.17, 15) is 19.1 Å². The number of ether oxygens (including phenoxy) is 2. The van der Waals surface area contributed by atoms with Gasteiger partial charge in [-0.25, -0.2) is 18.6 Å². The van der Waals surface area contributed by atoms with Crippen molar-refractivity contribution in [3.8, 4) is 22.8 Å². The number of rotatable bonds is 12. The Kier molecular flexibility index (Phi) is 9.61. The zero-order valence-corrected chi connectivity index (χ0v) is 24.9. The van der Waals surface area contributed by atoms with Crippen molar-refractivity contribution in [1.82, 2.24) is 9.88 Å². The molecule has 3 aromatic rings. The highest BCUT2D eigenvalue weighted by atomic mass is 19.1. The van der Waals surface area contributed by atoms with Crippen LogP contribution in [0.4, 0.5) is 8.78 Å². The molecule has 1 aliphatic rings. The fourth-order valence-electron chi connectivity index (χ4n) is 5.57. The lowest BCUT2D eigenvalue weighted by Gasteiger charge is -2.31. The Morgan fingerprint density at radius 1 is 1.02 bits per heavy atom. The van der Waals surface area contributed by atoms with E-state index in [2.05, 4.69) is 37.6 Å². The van der Waals surface area contributed by atoms with E-state index >= 15 is 4.39 Å². The number of hydrogen-bond donors (Lipinski definition) is 1. The minimum atomic E-state index is -0.999. The maximum absolute atomic E-state index is 15.7. The predicted molar refractivity (Wildman–Crippen MR) is 156 cm³/mol. The quantitative estimate of drug-likeness (QED) is 0.181. The summed E-state index contributed by atoms with van der Waals surface area (Å²) in [6.45, 7) is 10.2. The van der Waals surface area contributed by atoms with Crippen LogP contribution in [0.25, 0.3) is 11.1 Å². The van der Waals surface area contributed by atoms with E-state index in [-0.39, 0.29) is 46.3 Å². The van der Waals surface area contributed by atoms with Gasteiger partial charge in [0.05, 0.1) is 24.8 Å². The number of carbonyl (C=O) groups excluding carboxylic acids is 1. The Bertz CT molecular complexity index is 1450. The van der Waals surface area contributed by atoms with Gasteiger partial charge in [0.2, 0.25) is 5.88 Å². The number of aromatic nitrogens is 1. The van der Waals surface area contributed by atoms with Gasteiger partial charge in [0.15, 0.2) is 11.6 Å². The van der Waals surface area contributed by atoms with Gasteiger partial charge in [-0.05, 0) is 81.3 Å². The smallest absolute Gasteiger partial charge is 0.343 e. The van der Waals surface area contributed by atoms with E-state index < -0.39 is 35.4 Å². The monoisotopic (exact) mass is 580 g/mol. The standard InChI is InChI=1S/C33H38F2N2O5/c1-18(2)37(19(3)4)17-23-14-22(12-13-24(23)26-15-29(41-6)36-16-27(26)34)33(40)42-28-9-7-8-25(31(28)35)30(21-10-11-21)20(5)32(38)39/h7-9,12-16,18-21,30H,10-11,17H2,1-6H3,(H,38,39). The second-order valence-electron chi connectivity index (χ2n) is 11.5. The van der Waals surface area contributed by atoms with Crippen molar-refractivity contribution >= 4 is 11.9 Å². The molecule has 42 heavy (non-hydrogen) atoms. The molecule has 1 saturated carbocycles. The molecule has 0 amide bonds. The summed E-state index contributed by atoms with van der Waals surface area (Å²) in [5.74, 6) is -4.28. The molecule has 9 heteroatoms. The van der Waals surface area contributed by atoms with Gasteiger partial charge in [-0.15, -0.1) is 0 Å². The molecule has 0 saturated heterocycles. The van der Waals surface area contributed by atoms with E-state index in [1.54, 1.807) is 31.2 Å². The number of nitrogens with zero attached hydrogens (tertiary/aromatic N) is 2. The summed E-state index contributed by atoms with van der Waals surface area (Å²) in [6, 6.07) is 11.1. The van der Waals surface area contributed by atoms with E-state index in [0.717, 1.165) is 19.0 Å². The minimum Gasteiger partial charge on any atom is -0.481 e. The first kappa shape index (κ1) is 31.1. The van der Waals surface area contributed by atoms with Crippen LogP contribution in [-0.2, 0) is 11.3 Å². The summed E-state index contributed by atoms with van der Waals surface area (Å²) >= 11 is 0. The lowest BCUT2D eigenvalue weighted by Crippen LogP contribution is -2.36. The maximum Gasteiger partial charge on any atom is 0.343 e. The Balaban J connectivity index is 1.71. The summed E-state index contributed by atoms with van der Waals surface area (Å²) in [7, 11) is 1.45. The number of aliphatic carboxylic acids is 1. The van der Waals surface area contributed by atoms with Crippen LogP contribution >= 0.6 is 0 Å². The number of methoxy groups -OCH3 is 1. The van der Waals surface area contributed by atoms with Crippen molar-refractivity contribution in [3.05, 3.63) is 77.0 Å². The molecular weight excluding hydrogens is 542 g/mol. The topological polar surface area (TPSA) is 89.0 Å². The molecule has 2 atom stereocenters. The number of hydrogen-bond acceptors (Lipinski definition) is 6. The molecular formula is C33H38F2N2O5. The second kappa shape index (κ2) is 13.0. The molecule has 2 aromatic carbocycles. The summed E-state index contributed by atoms with van der Waals surface area (Å²) in [4.78, 5) is 31.2. The van der Waals surface area contributed by atoms with Crippen molar-refractivity contribution in [1.29, 1.82) is 0 Å². The molecule has 7 nitrogen and oxygen atoms in total. The SMILES string of the molecule is COc1cc(-c2ccc(C(=O)Oc3cccc(C(C4CC4)C(C)C(=O)O)c3F)cc2CN(C(C)C)C(C)C)c(F)cn1. The first-order chi connectivity index (χ1) is 19.9. The van der Waals surface area contributed by atoms with Gasteiger partial charge in [0, 0.05) is 36.2 Å². The fraction of sp³-hybridized carbons (Fsp3) is 0.424. The molecule has 0 spiro atoms. The lowest BCUT2D eigenvalue weighted by atomic mass is 9.83. The molecule has 1 aromatic heterocycles. The Labute approximate surface area is 245 Å². The fourth-order valence-corrected chi connectivity index (χ4v) is 5.57. The van der Waals surface area contributed by atoms with Crippen LogP contribution < -0.4 is 9.47 Å². The maximum atomic E-state index is 15.7. The number of carboxylic acid groups (broad SMARTS) is 1. The van der Waals surface area contributed by atoms with Crippen LogP contribution in [0.15, 0.2) is 48.7 Å². The van der Waals surface area contributed by atoms with Gasteiger partial charge in [-0.1, -0.05) is 25.1 Å². The molecule has 2 unspecified atom stereocenters. The normalized spacial score (nSPS) is 14.7. The predicted octanol–water partition coefficient (Wildman–Crippen LogP) is 7.09. The van der Waals surface area contributed by atoms with E-state index in [1.165, 1.54) is 25.3 Å². The molecule has 4 rings (SSSR count). The van der Waals surface area contributed by atoms with Gasteiger partial charge in [0.1, 0.15) is 5.82 Å². The molecule has 1 heterocycles. The molecule has 0 radical (unpaired) electrons. The average Bonchev–Trinajstić information content (AvgIpc) is 3.79. The Morgan fingerprint density at radius 3 is 2.31 bits per heavy atom. The second-order valence-corrected chi connectivity index (χ2v) is 11.5. The zero-order chi connectivity index (χ0) is 30.7. The third kappa shape index (κ3) is 6.78. The lowest BCUT2D eigenvalue weighted by molar-refractivity contribution is -0.142. The first-order valence-corrected chi connectivity index (χ1v) is 14.2. The van der Waals surface area contributed by atoms with Crippen molar-refractivity contribution in [3.63, 3.8) is 0 Å². The largest absolute Gasteiger partial charge is 0.481 e. The minimum absolute atomic E-state index is 0.0729. The van der Waals surface area contributed by atoms with Gasteiger partial charge in [0.25, 0.3) is 0 Å². The van der Waals surface area contributed by atoms with Crippen LogP contribution in [0.1, 0.15) is 74.9 Å². The van der Waals surface area contributed by atoms with E-state index in [4.69, 9.17) is 9.47 Å². The third-order valence-corrected chi connectivity index (χ3v) is 7.96. The molecule has 0 bridgehead atoms. The number of carbonyl (C=O) groups is 2. The number of benzene rings is 2. The Hall–Kier alpha value is -3.85. The van der Waals surface area contributed by atoms with Crippen LogP contribution in [0.3, 0.4) is 0 Å². The summed E-state index contributed by atoms with van der Waals surface area (Å²) in [6.07, 6.45) is 2.75. The summed E-state index contributed by atoms with van der Waals surface area (Å²) in [5.41, 5.74) is 1.93.